The van der Waals surface area contributed by atoms with Crippen LogP contribution in [0.15, 0.2) is 94.7 Å². The van der Waals surface area contributed by atoms with Crippen LogP contribution in [0.25, 0.3) is 0 Å². The monoisotopic (exact) mass is 426 g/mol. The predicted octanol–water partition coefficient (Wildman–Crippen LogP) is 6.64. The van der Waals surface area contributed by atoms with E-state index in [2.05, 4.69) is 30.4 Å². The molecule has 0 aromatic rings. The summed E-state index contributed by atoms with van der Waals surface area (Å²) in [7, 11) is 0. The van der Waals surface area contributed by atoms with Crippen LogP contribution in [0.5, 0.6) is 0 Å². The first kappa shape index (κ1) is 21.4. The van der Waals surface area contributed by atoms with E-state index in [0.717, 1.165) is 23.5 Å². The third kappa shape index (κ3) is 4.81. The fourth-order valence-electron chi connectivity index (χ4n) is 5.75. The van der Waals surface area contributed by atoms with Gasteiger partial charge in [0.1, 0.15) is 0 Å². The number of ketones is 1. The Morgan fingerprint density at radius 1 is 0.875 bits per heavy atom. The average molecular weight is 427 g/mol. The first-order valence-electron chi connectivity index (χ1n) is 12.5. The van der Waals surface area contributed by atoms with Crippen molar-refractivity contribution < 1.29 is 9.90 Å². The Kier molecular flexibility index (Phi) is 6.41. The molecular weight excluding hydrogens is 392 g/mol. The molecule has 0 aliphatic heterocycles. The maximum Gasteiger partial charge on any atom is 0.167 e. The maximum absolute atomic E-state index is 12.4. The molecule has 0 aromatic heterocycles. The predicted molar refractivity (Wildman–Crippen MR) is 131 cm³/mol. The van der Waals surface area contributed by atoms with E-state index in [1.165, 1.54) is 61.7 Å². The van der Waals surface area contributed by atoms with Crippen LogP contribution in [0.3, 0.4) is 0 Å². The lowest BCUT2D eigenvalue weighted by atomic mass is 9.83. The molecular formula is C30H34O2. The van der Waals surface area contributed by atoms with Crippen LogP contribution < -0.4 is 0 Å². The Hall–Kier alpha value is -2.45. The van der Waals surface area contributed by atoms with E-state index < -0.39 is 6.10 Å². The van der Waals surface area contributed by atoms with Crippen molar-refractivity contribution in [3.63, 3.8) is 0 Å². The van der Waals surface area contributed by atoms with Gasteiger partial charge in [-0.25, -0.2) is 0 Å². The Labute approximate surface area is 192 Å². The summed E-state index contributed by atoms with van der Waals surface area (Å²) in [5, 5.41) is 10.8. The van der Waals surface area contributed by atoms with Crippen LogP contribution in [0, 0.1) is 17.8 Å². The van der Waals surface area contributed by atoms with E-state index in [1.807, 2.05) is 30.4 Å². The molecule has 0 amide bonds. The molecule has 2 nitrogen and oxygen atoms in total. The number of hydrogen-bond acceptors (Lipinski definition) is 2. The molecule has 1 N–H and O–H groups in total. The van der Waals surface area contributed by atoms with Crippen molar-refractivity contribution in [2.24, 2.45) is 17.8 Å². The Morgan fingerprint density at radius 2 is 1.72 bits per heavy atom. The van der Waals surface area contributed by atoms with Crippen molar-refractivity contribution in [1.82, 2.24) is 0 Å². The molecule has 5 rings (SSSR count). The summed E-state index contributed by atoms with van der Waals surface area (Å²) in [4.78, 5) is 12.4. The molecule has 0 radical (unpaired) electrons. The Balaban J connectivity index is 1.16. The van der Waals surface area contributed by atoms with E-state index in [4.69, 9.17) is 0 Å². The third-order valence-corrected chi connectivity index (χ3v) is 7.68. The number of aliphatic hydroxyl groups excluding tert-OH is 1. The van der Waals surface area contributed by atoms with Gasteiger partial charge in [-0.2, -0.15) is 0 Å². The topological polar surface area (TPSA) is 37.3 Å². The van der Waals surface area contributed by atoms with E-state index in [1.54, 1.807) is 6.08 Å². The van der Waals surface area contributed by atoms with Gasteiger partial charge in [0, 0.05) is 5.92 Å². The average Bonchev–Trinajstić information content (AvgIpc) is 3.24. The number of hydrogen-bond donors (Lipinski definition) is 1. The van der Waals surface area contributed by atoms with Gasteiger partial charge in [0.2, 0.25) is 0 Å². The molecule has 0 bridgehead atoms. The minimum atomic E-state index is -0.606. The van der Waals surface area contributed by atoms with Crippen molar-refractivity contribution in [3.8, 4) is 0 Å². The second kappa shape index (κ2) is 9.58. The van der Waals surface area contributed by atoms with Crippen molar-refractivity contribution in [2.75, 3.05) is 0 Å². The summed E-state index contributed by atoms with van der Waals surface area (Å²) in [5.41, 5.74) is 5.88. The van der Waals surface area contributed by atoms with Crippen LogP contribution >= 0.6 is 0 Å². The van der Waals surface area contributed by atoms with E-state index >= 15 is 0 Å². The van der Waals surface area contributed by atoms with Gasteiger partial charge in [-0.05, 0) is 54.4 Å². The molecule has 0 saturated heterocycles. The zero-order valence-electron chi connectivity index (χ0n) is 18.9. The minimum Gasteiger partial charge on any atom is -0.388 e. The van der Waals surface area contributed by atoms with Gasteiger partial charge in [-0.15, -0.1) is 0 Å². The molecule has 0 spiro atoms. The van der Waals surface area contributed by atoms with E-state index in [9.17, 15) is 9.90 Å². The molecule has 3 unspecified atom stereocenters. The third-order valence-electron chi connectivity index (χ3n) is 7.68. The summed E-state index contributed by atoms with van der Waals surface area (Å²) < 4.78 is 0. The van der Waals surface area contributed by atoms with Crippen LogP contribution in [0.4, 0.5) is 0 Å². The quantitative estimate of drug-likeness (QED) is 0.495. The summed E-state index contributed by atoms with van der Waals surface area (Å²) in [6.45, 7) is 0. The summed E-state index contributed by atoms with van der Waals surface area (Å²) in [5.74, 6) is 1.22. The highest BCUT2D eigenvalue weighted by molar-refractivity contribution is 5.98. The van der Waals surface area contributed by atoms with Crippen LogP contribution in [-0.4, -0.2) is 17.0 Å². The fraction of sp³-hybridized carbons (Fsp3) is 0.433. The molecule has 1 fully saturated rings. The molecule has 0 aromatic carbocycles. The number of carbonyl (C=O) groups excluding carboxylic acids is 1. The van der Waals surface area contributed by atoms with Crippen LogP contribution in [0.1, 0.15) is 57.8 Å². The lowest BCUT2D eigenvalue weighted by molar-refractivity contribution is -0.116. The number of rotatable bonds is 7. The van der Waals surface area contributed by atoms with Crippen molar-refractivity contribution in [2.45, 2.75) is 63.9 Å². The van der Waals surface area contributed by atoms with Crippen molar-refractivity contribution in [1.29, 1.82) is 0 Å². The maximum atomic E-state index is 12.4. The molecule has 5 aliphatic rings. The molecule has 5 aliphatic carbocycles. The van der Waals surface area contributed by atoms with Gasteiger partial charge in [-0.3, -0.25) is 4.79 Å². The van der Waals surface area contributed by atoms with Gasteiger partial charge < -0.3 is 5.11 Å². The largest absolute Gasteiger partial charge is 0.388 e. The van der Waals surface area contributed by atoms with Gasteiger partial charge in [0.25, 0.3) is 0 Å². The van der Waals surface area contributed by atoms with Gasteiger partial charge in [0.15, 0.2) is 5.78 Å². The molecule has 2 heteroatoms. The number of carbonyl (C=O) groups is 1. The summed E-state index contributed by atoms with van der Waals surface area (Å²) >= 11 is 0. The molecule has 32 heavy (non-hydrogen) atoms. The highest BCUT2D eigenvalue weighted by atomic mass is 16.3. The van der Waals surface area contributed by atoms with Gasteiger partial charge in [0.05, 0.1) is 12.0 Å². The van der Waals surface area contributed by atoms with Crippen LogP contribution in [0.2, 0.25) is 0 Å². The zero-order chi connectivity index (χ0) is 21.9. The Morgan fingerprint density at radius 3 is 2.59 bits per heavy atom. The first-order chi connectivity index (χ1) is 15.7. The lowest BCUT2D eigenvalue weighted by Gasteiger charge is -2.22. The lowest BCUT2D eigenvalue weighted by Crippen LogP contribution is -2.21. The number of fused-ring (bicyclic) bond motifs is 2. The highest BCUT2D eigenvalue weighted by Crippen LogP contribution is 2.36. The first-order valence-corrected chi connectivity index (χ1v) is 12.5. The van der Waals surface area contributed by atoms with Crippen LogP contribution in [-0.2, 0) is 4.79 Å². The van der Waals surface area contributed by atoms with E-state index in [-0.39, 0.29) is 11.7 Å². The zero-order valence-corrected chi connectivity index (χ0v) is 18.9. The molecule has 1 saturated carbocycles. The second-order valence-electron chi connectivity index (χ2n) is 10.00. The van der Waals surface area contributed by atoms with Crippen molar-refractivity contribution >= 4 is 5.78 Å². The van der Waals surface area contributed by atoms with Gasteiger partial charge in [-0.1, -0.05) is 104 Å². The number of aliphatic hydroxyl groups is 1. The molecule has 166 valence electrons. The molecule has 0 heterocycles. The SMILES string of the molecule is O=C1C=C(C(O)CCC2=CC3C=C(CCC4CCCCC4)C=CC3=C2)C=C2C=CC=CC12. The fourth-order valence-corrected chi connectivity index (χ4v) is 5.75. The summed E-state index contributed by atoms with van der Waals surface area (Å²) in [6, 6.07) is 0. The van der Waals surface area contributed by atoms with Crippen molar-refractivity contribution in [3.05, 3.63) is 94.7 Å². The second-order valence-corrected chi connectivity index (χ2v) is 10.00. The highest BCUT2D eigenvalue weighted by Gasteiger charge is 2.26. The number of allylic oxidation sites excluding steroid dienone is 14. The molecule has 3 atom stereocenters. The van der Waals surface area contributed by atoms with E-state index in [0.29, 0.717) is 12.3 Å². The standard InChI is InChI=1S/C30H34O2/c31-29(27-19-25-8-4-5-9-28(25)30(32)20-27)15-13-23-17-24-14-12-22(16-26(24)18-23)11-10-21-6-2-1-3-7-21/h4-5,8-9,12,14,16-21,26,28-29,31H,1-3,6-7,10-11,13,15H2. The summed E-state index contributed by atoms with van der Waals surface area (Å²) in [6.07, 6.45) is 33.6. The van der Waals surface area contributed by atoms with Gasteiger partial charge >= 0.3 is 0 Å². The normalized spacial score (nSPS) is 27.8. The Bertz CT molecular complexity index is 1000. The smallest absolute Gasteiger partial charge is 0.167 e. The minimum absolute atomic E-state index is 0.0707.